The summed E-state index contributed by atoms with van der Waals surface area (Å²) in [5.41, 5.74) is 2.87. The van der Waals surface area contributed by atoms with Crippen LogP contribution >= 0.6 is 0 Å². The quantitative estimate of drug-likeness (QED) is 0.687. The van der Waals surface area contributed by atoms with Crippen molar-refractivity contribution in [2.75, 3.05) is 7.11 Å². The second-order valence-corrected chi connectivity index (χ2v) is 4.92. The molecule has 0 aliphatic rings. The largest absolute Gasteiger partial charge is 0.496 e. The summed E-state index contributed by atoms with van der Waals surface area (Å²) in [6.07, 6.45) is -0.214. The van der Waals surface area contributed by atoms with Crippen molar-refractivity contribution in [1.29, 1.82) is 0 Å². The number of aromatic amines is 2. The number of ether oxygens (including phenoxy) is 1. The molecular formula is C16H16N2O3. The molecule has 0 aliphatic heterocycles. The van der Waals surface area contributed by atoms with Gasteiger partial charge in [-0.2, -0.15) is 0 Å². The first kappa shape index (κ1) is 13.5. The summed E-state index contributed by atoms with van der Waals surface area (Å²) < 4.78 is 5.29. The molecule has 3 N–H and O–H groups in total. The summed E-state index contributed by atoms with van der Waals surface area (Å²) >= 11 is 0. The van der Waals surface area contributed by atoms with Gasteiger partial charge in [0.2, 0.25) is 0 Å². The first-order valence-electron chi connectivity index (χ1n) is 6.69. The van der Waals surface area contributed by atoms with Gasteiger partial charge in [-0.15, -0.1) is 0 Å². The summed E-state index contributed by atoms with van der Waals surface area (Å²) in [5, 5.41) is 10.4. The Kier molecular flexibility index (Phi) is 3.50. The van der Waals surface area contributed by atoms with Crippen molar-refractivity contribution >= 4 is 11.0 Å². The fourth-order valence-corrected chi connectivity index (χ4v) is 2.46. The lowest BCUT2D eigenvalue weighted by molar-refractivity contribution is 0.177. The smallest absolute Gasteiger partial charge is 0.323 e. The highest BCUT2D eigenvalue weighted by atomic mass is 16.5. The first-order valence-corrected chi connectivity index (χ1v) is 6.69. The van der Waals surface area contributed by atoms with Gasteiger partial charge in [-0.25, -0.2) is 4.79 Å². The summed E-state index contributed by atoms with van der Waals surface area (Å²) in [6.45, 7) is 0. The summed E-state index contributed by atoms with van der Waals surface area (Å²) in [4.78, 5) is 16.6. The number of hydrogen-bond donors (Lipinski definition) is 3. The third-order valence-corrected chi connectivity index (χ3v) is 3.53. The van der Waals surface area contributed by atoms with E-state index in [1.54, 1.807) is 19.2 Å². The molecule has 0 amide bonds. The molecule has 21 heavy (non-hydrogen) atoms. The van der Waals surface area contributed by atoms with Crippen LogP contribution in [0.25, 0.3) is 11.0 Å². The molecule has 0 aliphatic carbocycles. The summed E-state index contributed by atoms with van der Waals surface area (Å²) in [7, 11) is 1.61. The minimum Gasteiger partial charge on any atom is -0.496 e. The van der Waals surface area contributed by atoms with E-state index in [4.69, 9.17) is 4.74 Å². The molecule has 0 radical (unpaired) electrons. The normalized spacial score (nSPS) is 12.5. The molecule has 5 heteroatoms. The fourth-order valence-electron chi connectivity index (χ4n) is 2.46. The molecule has 3 aromatic rings. The Bertz CT molecular complexity index is 820. The number of imidazole rings is 1. The molecular weight excluding hydrogens is 268 g/mol. The zero-order valence-electron chi connectivity index (χ0n) is 11.6. The monoisotopic (exact) mass is 284 g/mol. The highest BCUT2D eigenvalue weighted by molar-refractivity contribution is 5.75. The summed E-state index contributed by atoms with van der Waals surface area (Å²) in [5.74, 6) is 0.757. The molecule has 1 unspecified atom stereocenters. The zero-order chi connectivity index (χ0) is 14.8. The van der Waals surface area contributed by atoms with Gasteiger partial charge >= 0.3 is 5.69 Å². The molecule has 0 saturated carbocycles. The molecule has 2 aromatic carbocycles. The van der Waals surface area contributed by atoms with Crippen molar-refractivity contribution < 1.29 is 9.84 Å². The Morgan fingerprint density at radius 3 is 2.71 bits per heavy atom. The van der Waals surface area contributed by atoms with Crippen LogP contribution in [-0.2, 0) is 6.42 Å². The van der Waals surface area contributed by atoms with E-state index in [2.05, 4.69) is 9.97 Å². The number of aromatic nitrogens is 2. The number of aliphatic hydroxyl groups is 1. The Morgan fingerprint density at radius 1 is 1.14 bits per heavy atom. The minimum atomic E-state index is -0.663. The van der Waals surface area contributed by atoms with E-state index in [0.717, 1.165) is 22.4 Å². The van der Waals surface area contributed by atoms with E-state index in [1.165, 1.54) is 0 Å². The van der Waals surface area contributed by atoms with Crippen molar-refractivity contribution in [3.05, 3.63) is 64.1 Å². The lowest BCUT2D eigenvalue weighted by Crippen LogP contribution is -2.03. The lowest BCUT2D eigenvalue weighted by Gasteiger charge is -2.13. The van der Waals surface area contributed by atoms with Crippen LogP contribution in [0.1, 0.15) is 17.2 Å². The van der Waals surface area contributed by atoms with E-state index in [-0.39, 0.29) is 5.69 Å². The van der Waals surface area contributed by atoms with Crippen LogP contribution in [0, 0.1) is 0 Å². The van der Waals surface area contributed by atoms with Gasteiger partial charge in [-0.3, -0.25) is 0 Å². The van der Waals surface area contributed by atoms with Crippen molar-refractivity contribution in [3.63, 3.8) is 0 Å². The lowest BCUT2D eigenvalue weighted by atomic mass is 10.0. The van der Waals surface area contributed by atoms with Crippen molar-refractivity contribution in [2.45, 2.75) is 12.5 Å². The maximum atomic E-state index is 11.3. The predicted molar refractivity (Wildman–Crippen MR) is 80.6 cm³/mol. The summed E-state index contributed by atoms with van der Waals surface area (Å²) in [6, 6.07) is 13.0. The molecule has 1 atom stereocenters. The maximum absolute atomic E-state index is 11.3. The second-order valence-electron chi connectivity index (χ2n) is 4.92. The maximum Gasteiger partial charge on any atom is 0.323 e. The first-order chi connectivity index (χ1) is 10.2. The molecule has 5 nitrogen and oxygen atoms in total. The highest BCUT2D eigenvalue weighted by Crippen LogP contribution is 2.25. The molecule has 0 saturated heterocycles. The van der Waals surface area contributed by atoms with Crippen LogP contribution in [0.3, 0.4) is 0 Å². The average Bonchev–Trinajstić information content (AvgIpc) is 2.86. The SMILES string of the molecule is COc1ccccc1CC(O)c1ccc2[nH]c(=O)[nH]c2c1. The van der Waals surface area contributed by atoms with Gasteiger partial charge < -0.3 is 19.8 Å². The van der Waals surface area contributed by atoms with E-state index in [9.17, 15) is 9.90 Å². The van der Waals surface area contributed by atoms with Gasteiger partial charge in [-0.1, -0.05) is 24.3 Å². The standard InChI is InChI=1S/C16H16N2O3/c1-21-15-5-3-2-4-11(15)9-14(19)10-6-7-12-13(8-10)18-16(20)17-12/h2-8,14,19H,9H2,1H3,(H2,17,18,20). The third-order valence-electron chi connectivity index (χ3n) is 3.53. The number of hydrogen-bond acceptors (Lipinski definition) is 3. The Hall–Kier alpha value is -2.53. The number of rotatable bonds is 4. The van der Waals surface area contributed by atoms with Gasteiger partial charge in [-0.05, 0) is 29.3 Å². The van der Waals surface area contributed by atoms with Crippen LogP contribution in [0.4, 0.5) is 0 Å². The third kappa shape index (κ3) is 2.68. The Morgan fingerprint density at radius 2 is 1.90 bits per heavy atom. The van der Waals surface area contributed by atoms with Crippen molar-refractivity contribution in [3.8, 4) is 5.75 Å². The van der Waals surface area contributed by atoms with Gasteiger partial charge in [0.1, 0.15) is 5.75 Å². The van der Waals surface area contributed by atoms with Gasteiger partial charge in [0.15, 0.2) is 0 Å². The van der Waals surface area contributed by atoms with Crippen LogP contribution in [0.2, 0.25) is 0 Å². The average molecular weight is 284 g/mol. The fraction of sp³-hybridized carbons (Fsp3) is 0.188. The number of H-pyrrole nitrogens is 2. The molecule has 3 rings (SSSR count). The predicted octanol–water partition coefficient (Wildman–Crippen LogP) is 2.14. The highest BCUT2D eigenvalue weighted by Gasteiger charge is 2.12. The van der Waals surface area contributed by atoms with Gasteiger partial charge in [0.05, 0.1) is 24.2 Å². The topological polar surface area (TPSA) is 78.1 Å². The number of methoxy groups -OCH3 is 1. The molecule has 0 fully saturated rings. The van der Waals surface area contributed by atoms with Crippen molar-refractivity contribution in [2.24, 2.45) is 0 Å². The van der Waals surface area contributed by atoms with E-state index < -0.39 is 6.10 Å². The number of fused-ring (bicyclic) bond motifs is 1. The number of para-hydroxylation sites is 1. The van der Waals surface area contributed by atoms with Gasteiger partial charge in [0.25, 0.3) is 0 Å². The van der Waals surface area contributed by atoms with Crippen LogP contribution in [0.5, 0.6) is 5.75 Å². The van der Waals surface area contributed by atoms with Gasteiger partial charge in [0, 0.05) is 6.42 Å². The van der Waals surface area contributed by atoms with Crippen LogP contribution in [-0.4, -0.2) is 22.2 Å². The van der Waals surface area contributed by atoms with Crippen LogP contribution < -0.4 is 10.4 Å². The molecule has 0 bridgehead atoms. The van der Waals surface area contributed by atoms with E-state index in [1.807, 2.05) is 30.3 Å². The Balaban J connectivity index is 1.89. The van der Waals surface area contributed by atoms with Crippen LogP contribution in [0.15, 0.2) is 47.3 Å². The number of aliphatic hydroxyl groups excluding tert-OH is 1. The van der Waals surface area contributed by atoms with E-state index in [0.29, 0.717) is 11.9 Å². The second kappa shape index (κ2) is 5.46. The number of benzene rings is 2. The minimum absolute atomic E-state index is 0.249. The molecule has 0 spiro atoms. The Labute approximate surface area is 121 Å². The molecule has 108 valence electrons. The number of nitrogens with one attached hydrogen (secondary N) is 2. The molecule has 1 heterocycles. The van der Waals surface area contributed by atoms with Crippen molar-refractivity contribution in [1.82, 2.24) is 9.97 Å². The zero-order valence-corrected chi connectivity index (χ0v) is 11.6. The van der Waals surface area contributed by atoms with E-state index >= 15 is 0 Å². The molecule has 1 aromatic heterocycles.